The molecule has 0 saturated carbocycles. The molecule has 0 bridgehead atoms. The van der Waals surface area contributed by atoms with Crippen molar-refractivity contribution >= 4 is 11.8 Å². The topological polar surface area (TPSA) is 61.4 Å². The third-order valence-corrected chi connectivity index (χ3v) is 4.78. The lowest BCUT2D eigenvalue weighted by Crippen LogP contribution is -2.56. The van der Waals surface area contributed by atoms with E-state index in [-0.39, 0.29) is 23.8 Å². The number of rotatable bonds is 5. The average Bonchev–Trinajstić information content (AvgIpc) is 2.64. The average molecular weight is 380 g/mol. The Morgan fingerprint density at radius 3 is 2.36 bits per heavy atom. The summed E-state index contributed by atoms with van der Waals surface area (Å²) in [6.07, 6.45) is 0.172. The number of hydrogen-bond acceptors (Lipinski definition) is 3. The lowest BCUT2D eigenvalue weighted by atomic mass is 10.0. The number of benzene rings is 2. The quantitative estimate of drug-likeness (QED) is 0.840. The van der Waals surface area contributed by atoms with Crippen molar-refractivity contribution in [2.24, 2.45) is 0 Å². The van der Waals surface area contributed by atoms with Gasteiger partial charge in [0, 0.05) is 25.2 Å². The van der Waals surface area contributed by atoms with Crippen LogP contribution < -0.4 is 10.6 Å². The summed E-state index contributed by atoms with van der Waals surface area (Å²) < 4.78 is 0. The minimum Gasteiger partial charge on any atom is -0.353 e. The SMILES string of the molecule is CC(C)(C)NC(=O)C[C@@H]1C(=O)NCCN1Cc1ccc(-c2ccccc2)cc1. The van der Waals surface area contributed by atoms with Crippen molar-refractivity contribution in [2.45, 2.75) is 45.3 Å². The maximum absolute atomic E-state index is 12.4. The Morgan fingerprint density at radius 1 is 1.07 bits per heavy atom. The number of piperazine rings is 1. The van der Waals surface area contributed by atoms with Crippen LogP contribution in [-0.2, 0) is 16.1 Å². The van der Waals surface area contributed by atoms with E-state index in [9.17, 15) is 9.59 Å². The summed E-state index contributed by atoms with van der Waals surface area (Å²) in [4.78, 5) is 26.9. The van der Waals surface area contributed by atoms with Gasteiger partial charge in [-0.25, -0.2) is 0 Å². The summed E-state index contributed by atoms with van der Waals surface area (Å²) in [7, 11) is 0. The van der Waals surface area contributed by atoms with Crippen LogP contribution in [0.1, 0.15) is 32.8 Å². The first-order chi connectivity index (χ1) is 13.3. The van der Waals surface area contributed by atoms with Crippen LogP contribution in [-0.4, -0.2) is 41.4 Å². The van der Waals surface area contributed by atoms with E-state index >= 15 is 0 Å². The molecule has 2 N–H and O–H groups in total. The second kappa shape index (κ2) is 8.57. The monoisotopic (exact) mass is 379 g/mol. The molecule has 1 saturated heterocycles. The van der Waals surface area contributed by atoms with Crippen LogP contribution in [0.25, 0.3) is 11.1 Å². The molecule has 5 nitrogen and oxygen atoms in total. The second-order valence-corrected chi connectivity index (χ2v) is 8.34. The molecule has 5 heteroatoms. The van der Waals surface area contributed by atoms with E-state index in [2.05, 4.69) is 51.9 Å². The first-order valence-corrected chi connectivity index (χ1v) is 9.79. The van der Waals surface area contributed by atoms with E-state index in [1.807, 2.05) is 39.0 Å². The Morgan fingerprint density at radius 2 is 1.71 bits per heavy atom. The molecule has 148 valence electrons. The molecule has 0 unspecified atom stereocenters. The van der Waals surface area contributed by atoms with Crippen molar-refractivity contribution in [3.8, 4) is 11.1 Å². The number of nitrogens with one attached hydrogen (secondary N) is 2. The molecule has 2 aromatic carbocycles. The van der Waals surface area contributed by atoms with Gasteiger partial charge in [-0.1, -0.05) is 54.6 Å². The van der Waals surface area contributed by atoms with E-state index < -0.39 is 6.04 Å². The van der Waals surface area contributed by atoms with Gasteiger partial charge in [-0.3, -0.25) is 14.5 Å². The van der Waals surface area contributed by atoms with Gasteiger partial charge in [0.15, 0.2) is 0 Å². The Bertz CT molecular complexity index is 810. The van der Waals surface area contributed by atoms with Crippen LogP contribution >= 0.6 is 0 Å². The van der Waals surface area contributed by atoms with Gasteiger partial charge < -0.3 is 10.6 Å². The van der Waals surface area contributed by atoms with Crippen molar-refractivity contribution in [1.82, 2.24) is 15.5 Å². The van der Waals surface area contributed by atoms with Gasteiger partial charge in [-0.2, -0.15) is 0 Å². The highest BCUT2D eigenvalue weighted by atomic mass is 16.2. The van der Waals surface area contributed by atoms with Crippen LogP contribution in [0.2, 0.25) is 0 Å². The first kappa shape index (κ1) is 20.1. The molecule has 3 rings (SSSR count). The normalized spacial score (nSPS) is 17.8. The molecule has 0 aliphatic carbocycles. The summed E-state index contributed by atoms with van der Waals surface area (Å²) in [6.45, 7) is 7.82. The van der Waals surface area contributed by atoms with Gasteiger partial charge in [-0.05, 0) is 37.5 Å². The Hall–Kier alpha value is -2.66. The third kappa shape index (κ3) is 5.42. The number of carbonyl (C=O) groups is 2. The third-order valence-electron chi connectivity index (χ3n) is 4.78. The first-order valence-electron chi connectivity index (χ1n) is 9.79. The van der Waals surface area contributed by atoms with Crippen molar-refractivity contribution in [1.29, 1.82) is 0 Å². The van der Waals surface area contributed by atoms with Gasteiger partial charge in [-0.15, -0.1) is 0 Å². The zero-order valence-corrected chi connectivity index (χ0v) is 16.9. The maximum atomic E-state index is 12.4. The fourth-order valence-electron chi connectivity index (χ4n) is 3.49. The molecular weight excluding hydrogens is 350 g/mol. The Kier molecular flexibility index (Phi) is 6.15. The molecule has 0 spiro atoms. The summed E-state index contributed by atoms with van der Waals surface area (Å²) >= 11 is 0. The fraction of sp³-hybridized carbons (Fsp3) is 0.391. The molecule has 28 heavy (non-hydrogen) atoms. The lowest BCUT2D eigenvalue weighted by Gasteiger charge is -2.35. The van der Waals surface area contributed by atoms with Crippen molar-refractivity contribution in [3.05, 3.63) is 60.2 Å². The molecule has 2 amide bonds. The Balaban J connectivity index is 1.68. The van der Waals surface area contributed by atoms with Crippen LogP contribution in [0.5, 0.6) is 0 Å². The predicted molar refractivity (Wildman–Crippen MR) is 112 cm³/mol. The van der Waals surface area contributed by atoms with Crippen molar-refractivity contribution in [3.63, 3.8) is 0 Å². The molecular formula is C23H29N3O2. The van der Waals surface area contributed by atoms with Gasteiger partial charge in [0.2, 0.25) is 11.8 Å². The zero-order chi connectivity index (χ0) is 20.1. The maximum Gasteiger partial charge on any atom is 0.237 e. The molecule has 0 radical (unpaired) electrons. The van der Waals surface area contributed by atoms with E-state index in [0.29, 0.717) is 13.1 Å². The van der Waals surface area contributed by atoms with Crippen molar-refractivity contribution < 1.29 is 9.59 Å². The predicted octanol–water partition coefficient (Wildman–Crippen LogP) is 2.96. The van der Waals surface area contributed by atoms with E-state index in [4.69, 9.17) is 0 Å². The highest BCUT2D eigenvalue weighted by Crippen LogP contribution is 2.21. The van der Waals surface area contributed by atoms with Crippen LogP contribution in [0, 0.1) is 0 Å². The molecule has 1 atom stereocenters. The van der Waals surface area contributed by atoms with Gasteiger partial charge in [0.05, 0.1) is 12.5 Å². The number of carbonyl (C=O) groups excluding carboxylic acids is 2. The largest absolute Gasteiger partial charge is 0.353 e. The van der Waals surface area contributed by atoms with Crippen LogP contribution in [0.15, 0.2) is 54.6 Å². The van der Waals surface area contributed by atoms with E-state index in [1.54, 1.807) is 0 Å². The van der Waals surface area contributed by atoms with Gasteiger partial charge >= 0.3 is 0 Å². The number of nitrogens with zero attached hydrogens (tertiary/aromatic N) is 1. The molecule has 1 aliphatic rings. The van der Waals surface area contributed by atoms with Crippen LogP contribution in [0.3, 0.4) is 0 Å². The highest BCUT2D eigenvalue weighted by Gasteiger charge is 2.32. The number of amides is 2. The standard InChI is InChI=1S/C23H29N3O2/c1-23(2,3)25-21(27)15-20-22(28)24-13-14-26(20)16-17-9-11-19(12-10-17)18-7-5-4-6-8-18/h4-12,20H,13-16H2,1-3H3,(H,24,28)(H,25,27)/t20-/m1/s1. The van der Waals surface area contributed by atoms with Crippen LogP contribution in [0.4, 0.5) is 0 Å². The smallest absolute Gasteiger partial charge is 0.237 e. The van der Waals surface area contributed by atoms with Gasteiger partial charge in [0.25, 0.3) is 0 Å². The zero-order valence-electron chi connectivity index (χ0n) is 16.9. The molecule has 2 aromatic rings. The minimum atomic E-state index is -0.440. The summed E-state index contributed by atoms with van der Waals surface area (Å²) in [5.41, 5.74) is 3.18. The fourth-order valence-corrected chi connectivity index (χ4v) is 3.49. The molecule has 1 aliphatic heterocycles. The number of hydrogen-bond donors (Lipinski definition) is 2. The Labute approximate surface area is 167 Å². The van der Waals surface area contributed by atoms with Gasteiger partial charge in [0.1, 0.15) is 0 Å². The van der Waals surface area contributed by atoms with E-state index in [0.717, 1.165) is 12.1 Å². The molecule has 1 fully saturated rings. The molecule has 1 heterocycles. The summed E-state index contributed by atoms with van der Waals surface area (Å²) in [6, 6.07) is 18.2. The summed E-state index contributed by atoms with van der Waals surface area (Å²) in [5, 5.41) is 5.84. The summed E-state index contributed by atoms with van der Waals surface area (Å²) in [5.74, 6) is -0.171. The highest BCUT2D eigenvalue weighted by molar-refractivity contribution is 5.89. The molecule has 0 aromatic heterocycles. The minimum absolute atomic E-state index is 0.0729. The van der Waals surface area contributed by atoms with Crippen molar-refractivity contribution in [2.75, 3.05) is 13.1 Å². The lowest BCUT2D eigenvalue weighted by molar-refractivity contribution is -0.134. The van der Waals surface area contributed by atoms with E-state index in [1.165, 1.54) is 11.1 Å². The second-order valence-electron chi connectivity index (χ2n) is 8.34.